The number of benzene rings is 2. The molecule has 162 valence electrons. The van der Waals surface area contributed by atoms with Crippen LogP contribution in [-0.2, 0) is 14.3 Å². The van der Waals surface area contributed by atoms with Gasteiger partial charge in [-0.1, -0.05) is 48.5 Å². The molecule has 4 rings (SSSR count). The second-order valence-corrected chi connectivity index (χ2v) is 8.25. The maximum atomic E-state index is 12.5. The molecule has 2 aliphatic carbocycles. The van der Waals surface area contributed by atoms with Crippen LogP contribution in [0.15, 0.2) is 48.5 Å². The first-order valence-electron chi connectivity index (χ1n) is 10.6. The molecule has 0 spiro atoms. The molecule has 31 heavy (non-hydrogen) atoms. The zero-order chi connectivity index (χ0) is 22.0. The number of fused-ring (bicyclic) bond motifs is 3. The normalized spacial score (nSPS) is 16.5. The van der Waals surface area contributed by atoms with Crippen LogP contribution in [0.4, 0.5) is 4.79 Å². The van der Waals surface area contributed by atoms with E-state index in [1.54, 1.807) is 0 Å². The Bertz CT molecular complexity index is 955. The standard InChI is InChI=1S/C24H26N2O5/c1-14(23(28)29)25-22(27)12-21(15-10-11-15)26-24(30)31-13-20-18-8-4-2-6-16(18)17-7-3-5-9-19(17)20/h2-9,14-15,20-21H,10-13H2,1H3,(H,25,27)(H,26,30)(H,28,29)/t14-,21?/m0/s1. The fraction of sp³-hybridized carbons (Fsp3) is 0.375. The van der Waals surface area contributed by atoms with E-state index in [1.165, 1.54) is 6.92 Å². The van der Waals surface area contributed by atoms with Gasteiger partial charge in [0, 0.05) is 18.4 Å². The molecule has 0 saturated heterocycles. The van der Waals surface area contributed by atoms with Crippen molar-refractivity contribution >= 4 is 18.0 Å². The lowest BCUT2D eigenvalue weighted by Gasteiger charge is -2.20. The summed E-state index contributed by atoms with van der Waals surface area (Å²) in [5, 5.41) is 14.2. The van der Waals surface area contributed by atoms with Crippen LogP contribution >= 0.6 is 0 Å². The molecule has 7 nitrogen and oxygen atoms in total. The van der Waals surface area contributed by atoms with Crippen molar-refractivity contribution in [2.45, 2.75) is 44.2 Å². The van der Waals surface area contributed by atoms with Crippen molar-refractivity contribution < 1.29 is 24.2 Å². The molecular weight excluding hydrogens is 396 g/mol. The van der Waals surface area contributed by atoms with Crippen molar-refractivity contribution in [3.8, 4) is 11.1 Å². The number of carbonyl (C=O) groups is 3. The summed E-state index contributed by atoms with van der Waals surface area (Å²) in [6.07, 6.45) is 1.33. The summed E-state index contributed by atoms with van der Waals surface area (Å²) in [6.45, 7) is 1.62. The number of carboxylic acid groups (broad SMARTS) is 1. The van der Waals surface area contributed by atoms with Crippen LogP contribution in [-0.4, -0.2) is 41.8 Å². The maximum Gasteiger partial charge on any atom is 0.407 e. The quantitative estimate of drug-likeness (QED) is 0.606. The second-order valence-electron chi connectivity index (χ2n) is 8.25. The molecule has 2 atom stereocenters. The molecule has 1 unspecified atom stereocenters. The lowest BCUT2D eigenvalue weighted by atomic mass is 9.98. The van der Waals surface area contributed by atoms with Crippen LogP contribution in [0.1, 0.15) is 43.2 Å². The SMILES string of the molecule is C[C@H](NC(=O)CC(NC(=O)OCC1c2ccccc2-c2ccccc21)C1CC1)C(=O)O. The monoisotopic (exact) mass is 422 g/mol. The van der Waals surface area contributed by atoms with Crippen LogP contribution in [0, 0.1) is 5.92 Å². The Morgan fingerprint density at radius 1 is 1.00 bits per heavy atom. The fourth-order valence-corrected chi connectivity index (χ4v) is 4.19. The molecule has 0 bridgehead atoms. The van der Waals surface area contributed by atoms with Crippen molar-refractivity contribution in [1.29, 1.82) is 0 Å². The summed E-state index contributed by atoms with van der Waals surface area (Å²) in [4.78, 5) is 35.6. The minimum atomic E-state index is -1.10. The Kier molecular flexibility index (Phi) is 5.93. The molecule has 3 N–H and O–H groups in total. The van der Waals surface area contributed by atoms with Crippen LogP contribution < -0.4 is 10.6 Å². The van der Waals surface area contributed by atoms with E-state index in [4.69, 9.17) is 9.84 Å². The summed E-state index contributed by atoms with van der Waals surface area (Å²) in [5.41, 5.74) is 4.59. The Hall–Kier alpha value is -3.35. The lowest BCUT2D eigenvalue weighted by molar-refractivity contribution is -0.141. The third-order valence-electron chi connectivity index (χ3n) is 5.99. The molecule has 2 aliphatic rings. The molecule has 2 aromatic carbocycles. The Labute approximate surface area is 180 Å². The Morgan fingerprint density at radius 3 is 2.13 bits per heavy atom. The van der Waals surface area contributed by atoms with Gasteiger partial charge in [-0.15, -0.1) is 0 Å². The van der Waals surface area contributed by atoms with Crippen molar-refractivity contribution in [3.63, 3.8) is 0 Å². The molecule has 0 aromatic heterocycles. The number of alkyl carbamates (subject to hydrolysis) is 1. The zero-order valence-corrected chi connectivity index (χ0v) is 17.3. The Morgan fingerprint density at radius 2 is 1.58 bits per heavy atom. The highest BCUT2D eigenvalue weighted by atomic mass is 16.5. The van der Waals surface area contributed by atoms with Gasteiger partial charge >= 0.3 is 12.1 Å². The van der Waals surface area contributed by atoms with Gasteiger partial charge in [0.05, 0.1) is 0 Å². The topological polar surface area (TPSA) is 105 Å². The largest absolute Gasteiger partial charge is 0.480 e. The molecule has 0 radical (unpaired) electrons. The van der Waals surface area contributed by atoms with Gasteiger partial charge in [-0.3, -0.25) is 9.59 Å². The van der Waals surface area contributed by atoms with E-state index in [2.05, 4.69) is 34.9 Å². The molecule has 2 amide bonds. The summed E-state index contributed by atoms with van der Waals surface area (Å²) < 4.78 is 5.57. The van der Waals surface area contributed by atoms with Crippen molar-refractivity contribution in [3.05, 3.63) is 59.7 Å². The predicted octanol–water partition coefficient (Wildman–Crippen LogP) is 3.28. The maximum absolute atomic E-state index is 12.5. The minimum Gasteiger partial charge on any atom is -0.480 e. The summed E-state index contributed by atoms with van der Waals surface area (Å²) in [5.74, 6) is -1.31. The fourth-order valence-electron chi connectivity index (χ4n) is 4.19. The van der Waals surface area contributed by atoms with Gasteiger partial charge in [0.25, 0.3) is 0 Å². The molecule has 7 heteroatoms. The van der Waals surface area contributed by atoms with E-state index in [0.717, 1.165) is 35.1 Å². The first-order valence-corrected chi connectivity index (χ1v) is 10.6. The van der Waals surface area contributed by atoms with Gasteiger partial charge in [-0.25, -0.2) is 4.79 Å². The van der Waals surface area contributed by atoms with Crippen molar-refractivity contribution in [2.24, 2.45) is 5.92 Å². The highest BCUT2D eigenvalue weighted by Crippen LogP contribution is 2.44. The molecule has 1 saturated carbocycles. The highest BCUT2D eigenvalue weighted by molar-refractivity contribution is 5.84. The van der Waals surface area contributed by atoms with Gasteiger partial charge < -0.3 is 20.5 Å². The van der Waals surface area contributed by atoms with E-state index in [9.17, 15) is 14.4 Å². The molecule has 1 fully saturated rings. The van der Waals surface area contributed by atoms with Crippen LogP contribution in [0.3, 0.4) is 0 Å². The second kappa shape index (κ2) is 8.79. The average Bonchev–Trinajstić information content (AvgIpc) is 3.55. The summed E-state index contributed by atoms with van der Waals surface area (Å²) in [6, 6.07) is 14.9. The minimum absolute atomic E-state index is 0.0303. The highest BCUT2D eigenvalue weighted by Gasteiger charge is 2.35. The average molecular weight is 422 g/mol. The van der Waals surface area contributed by atoms with Gasteiger partial charge in [-0.05, 0) is 47.9 Å². The number of carbonyl (C=O) groups excluding carboxylic acids is 2. The third-order valence-corrected chi connectivity index (χ3v) is 5.99. The van der Waals surface area contributed by atoms with Gasteiger partial charge in [-0.2, -0.15) is 0 Å². The number of hydrogen-bond donors (Lipinski definition) is 3. The smallest absolute Gasteiger partial charge is 0.407 e. The van der Waals surface area contributed by atoms with E-state index >= 15 is 0 Å². The van der Waals surface area contributed by atoms with E-state index in [-0.39, 0.29) is 30.9 Å². The zero-order valence-electron chi connectivity index (χ0n) is 17.3. The number of carboxylic acids is 1. The third kappa shape index (κ3) is 4.71. The summed E-state index contributed by atoms with van der Waals surface area (Å²) in [7, 11) is 0. The number of hydrogen-bond acceptors (Lipinski definition) is 4. The predicted molar refractivity (Wildman–Crippen MR) is 115 cm³/mol. The van der Waals surface area contributed by atoms with Crippen LogP contribution in [0.25, 0.3) is 11.1 Å². The summed E-state index contributed by atoms with van der Waals surface area (Å²) >= 11 is 0. The number of aliphatic carboxylic acids is 1. The van der Waals surface area contributed by atoms with E-state index < -0.39 is 24.0 Å². The number of rotatable bonds is 8. The van der Waals surface area contributed by atoms with E-state index in [1.807, 2.05) is 24.3 Å². The first kappa shape index (κ1) is 20.9. The van der Waals surface area contributed by atoms with Crippen molar-refractivity contribution in [2.75, 3.05) is 6.61 Å². The van der Waals surface area contributed by atoms with Crippen molar-refractivity contribution in [1.82, 2.24) is 10.6 Å². The molecule has 0 heterocycles. The lowest BCUT2D eigenvalue weighted by Crippen LogP contribution is -2.44. The Balaban J connectivity index is 1.36. The first-order chi connectivity index (χ1) is 14.9. The molecule has 2 aromatic rings. The van der Waals surface area contributed by atoms with Crippen LogP contribution in [0.5, 0.6) is 0 Å². The van der Waals surface area contributed by atoms with Gasteiger partial charge in [0.1, 0.15) is 12.6 Å². The van der Waals surface area contributed by atoms with Gasteiger partial charge in [0.2, 0.25) is 5.91 Å². The number of nitrogens with one attached hydrogen (secondary N) is 2. The molecule has 0 aliphatic heterocycles. The van der Waals surface area contributed by atoms with Crippen LogP contribution in [0.2, 0.25) is 0 Å². The number of ether oxygens (including phenoxy) is 1. The van der Waals surface area contributed by atoms with E-state index in [0.29, 0.717) is 0 Å². The number of amides is 2. The molecular formula is C24H26N2O5. The van der Waals surface area contributed by atoms with Gasteiger partial charge in [0.15, 0.2) is 0 Å².